The molecule has 0 saturated carbocycles. The van der Waals surface area contributed by atoms with Crippen LogP contribution in [-0.4, -0.2) is 73.7 Å². The topological polar surface area (TPSA) is 150 Å². The summed E-state index contributed by atoms with van der Waals surface area (Å²) in [7, 11) is 2.90. The maximum Gasteiger partial charge on any atom is 0.513 e. The van der Waals surface area contributed by atoms with E-state index in [0.717, 1.165) is 12.1 Å². The Morgan fingerprint density at radius 1 is 0.750 bits per heavy atom. The minimum Gasteiger partial charge on any atom is -0.465 e. The maximum absolute atomic E-state index is 13.5. The van der Waals surface area contributed by atoms with Crippen LogP contribution in [0.25, 0.3) is 11.3 Å². The van der Waals surface area contributed by atoms with Crippen molar-refractivity contribution >= 4 is 35.6 Å². The largest absolute Gasteiger partial charge is 0.513 e. The Bertz CT molecular complexity index is 1910. The number of aromatic nitrogens is 1. The van der Waals surface area contributed by atoms with Crippen LogP contribution in [0.5, 0.6) is 5.75 Å². The van der Waals surface area contributed by atoms with Gasteiger partial charge in [0, 0.05) is 25.9 Å². The molecule has 0 radical (unpaired) electrons. The summed E-state index contributed by atoms with van der Waals surface area (Å²) >= 11 is 0. The van der Waals surface area contributed by atoms with Crippen molar-refractivity contribution in [1.29, 1.82) is 0 Å². The van der Waals surface area contributed by atoms with Gasteiger partial charge in [-0.15, -0.1) is 0 Å². The zero-order chi connectivity index (χ0) is 38.1. The molecule has 0 bridgehead atoms. The first-order valence-corrected chi connectivity index (χ1v) is 15.8. The number of anilines is 1. The number of halogens is 3. The van der Waals surface area contributed by atoms with Gasteiger partial charge in [-0.3, -0.25) is 24.2 Å². The zero-order valence-electron chi connectivity index (χ0n) is 28.5. The highest BCUT2D eigenvalue weighted by atomic mass is 19.4. The molecule has 1 heterocycles. The van der Waals surface area contributed by atoms with Crippen LogP contribution in [0.2, 0.25) is 0 Å². The number of pyridine rings is 1. The molecule has 12 nitrogen and oxygen atoms in total. The standard InChI is InChI=1S/C37H34F3N3O9/c1-5-49-33(46)36(34(47)50-6-2,24-11-8-7-9-12-24)22-51-35(48)52-26-18-19-29(28(21-26)32(45)43(3)4)42-31(44)27-13-10-20-41-30(27)23-14-16-25(17-15-23)37(38,39)40/h7-21H,5-6,22H2,1-4H3,(H,42,44). The molecule has 0 saturated heterocycles. The van der Waals surface area contributed by atoms with Gasteiger partial charge in [-0.05, 0) is 61.9 Å². The van der Waals surface area contributed by atoms with E-state index in [1.807, 2.05) is 0 Å². The summed E-state index contributed by atoms with van der Waals surface area (Å²) in [5.41, 5.74) is -2.68. The van der Waals surface area contributed by atoms with Gasteiger partial charge < -0.3 is 29.2 Å². The molecule has 0 unspecified atom stereocenters. The molecule has 0 atom stereocenters. The van der Waals surface area contributed by atoms with Crippen LogP contribution >= 0.6 is 0 Å². The number of carbonyl (C=O) groups excluding carboxylic acids is 5. The van der Waals surface area contributed by atoms with Crippen LogP contribution in [-0.2, 0) is 35.4 Å². The molecule has 0 spiro atoms. The fraction of sp³-hybridized carbons (Fsp3) is 0.243. The first-order valence-electron chi connectivity index (χ1n) is 15.8. The van der Waals surface area contributed by atoms with Gasteiger partial charge >= 0.3 is 24.3 Å². The summed E-state index contributed by atoms with van der Waals surface area (Å²) in [4.78, 5) is 71.6. The number of carbonyl (C=O) groups is 5. The number of nitrogens with zero attached hydrogens (tertiary/aromatic N) is 2. The summed E-state index contributed by atoms with van der Waals surface area (Å²) in [6.07, 6.45) is -4.52. The molecule has 3 aromatic carbocycles. The molecule has 2 amide bonds. The van der Waals surface area contributed by atoms with Crippen LogP contribution in [0.4, 0.5) is 23.7 Å². The highest BCUT2D eigenvalue weighted by molar-refractivity contribution is 6.11. The number of hydrogen-bond donors (Lipinski definition) is 1. The lowest BCUT2D eigenvalue weighted by Gasteiger charge is -2.28. The van der Waals surface area contributed by atoms with E-state index in [-0.39, 0.29) is 52.6 Å². The van der Waals surface area contributed by atoms with Crippen molar-refractivity contribution in [3.05, 3.63) is 113 Å². The van der Waals surface area contributed by atoms with Gasteiger partial charge in [0.05, 0.1) is 41.3 Å². The Morgan fingerprint density at radius 2 is 1.38 bits per heavy atom. The highest BCUT2D eigenvalue weighted by Gasteiger charge is 2.52. The van der Waals surface area contributed by atoms with Gasteiger partial charge in [0.25, 0.3) is 11.8 Å². The summed E-state index contributed by atoms with van der Waals surface area (Å²) in [6.45, 7) is 2.07. The van der Waals surface area contributed by atoms with Crippen molar-refractivity contribution in [2.24, 2.45) is 0 Å². The van der Waals surface area contributed by atoms with Gasteiger partial charge in [0.15, 0.2) is 0 Å². The lowest BCUT2D eigenvalue weighted by Crippen LogP contribution is -2.50. The molecule has 0 aliphatic rings. The molecule has 4 rings (SSSR count). The Hall–Kier alpha value is -6.25. The fourth-order valence-electron chi connectivity index (χ4n) is 4.98. The third kappa shape index (κ3) is 8.72. The SMILES string of the molecule is CCOC(=O)C(COC(=O)Oc1ccc(NC(=O)c2cccnc2-c2ccc(C(F)(F)F)cc2)c(C(=O)N(C)C)c1)(C(=O)OCC)c1ccccc1. The van der Waals surface area contributed by atoms with E-state index in [2.05, 4.69) is 10.3 Å². The molecule has 1 N–H and O–H groups in total. The average Bonchev–Trinajstić information content (AvgIpc) is 3.12. The van der Waals surface area contributed by atoms with Crippen molar-refractivity contribution in [2.45, 2.75) is 25.4 Å². The lowest BCUT2D eigenvalue weighted by atomic mass is 9.81. The summed E-state index contributed by atoms with van der Waals surface area (Å²) in [5.74, 6) is -3.56. The number of rotatable bonds is 12. The Kier molecular flexibility index (Phi) is 12.3. The Labute approximate surface area is 296 Å². The molecule has 1 aromatic heterocycles. The predicted octanol–water partition coefficient (Wildman–Crippen LogP) is 6.30. The first kappa shape index (κ1) is 38.6. The summed E-state index contributed by atoms with van der Waals surface area (Å²) in [6, 6.07) is 18.5. The second-order valence-corrected chi connectivity index (χ2v) is 11.2. The minimum atomic E-state index is -4.55. The zero-order valence-corrected chi connectivity index (χ0v) is 28.5. The Balaban J connectivity index is 1.60. The number of nitrogens with one attached hydrogen (secondary N) is 1. The normalized spacial score (nSPS) is 11.2. The van der Waals surface area contributed by atoms with Crippen molar-refractivity contribution in [3.63, 3.8) is 0 Å². The number of ether oxygens (including phenoxy) is 4. The molecule has 52 heavy (non-hydrogen) atoms. The molecule has 4 aromatic rings. The molecule has 0 fully saturated rings. The molecule has 272 valence electrons. The van der Waals surface area contributed by atoms with Crippen LogP contribution in [0.15, 0.2) is 91.1 Å². The van der Waals surface area contributed by atoms with Gasteiger partial charge in [-0.2, -0.15) is 13.2 Å². The lowest BCUT2D eigenvalue weighted by molar-refractivity contribution is -0.167. The van der Waals surface area contributed by atoms with E-state index in [9.17, 15) is 37.1 Å². The van der Waals surface area contributed by atoms with Crippen molar-refractivity contribution in [2.75, 3.05) is 39.2 Å². The van der Waals surface area contributed by atoms with Crippen LogP contribution in [0.1, 0.15) is 45.7 Å². The van der Waals surface area contributed by atoms with Gasteiger partial charge in [0.2, 0.25) is 5.41 Å². The quantitative estimate of drug-likeness (QED) is 0.0764. The van der Waals surface area contributed by atoms with Crippen molar-refractivity contribution < 1.29 is 56.1 Å². The summed E-state index contributed by atoms with van der Waals surface area (Å²) < 4.78 is 60.3. The monoisotopic (exact) mass is 721 g/mol. The number of hydrogen-bond acceptors (Lipinski definition) is 10. The second kappa shape index (κ2) is 16.6. The van der Waals surface area contributed by atoms with E-state index in [1.165, 1.54) is 79.8 Å². The second-order valence-electron chi connectivity index (χ2n) is 11.2. The average molecular weight is 722 g/mol. The van der Waals surface area contributed by atoms with Crippen LogP contribution in [0, 0.1) is 0 Å². The minimum absolute atomic E-state index is 0.000450. The number of alkyl halides is 3. The predicted molar refractivity (Wildman–Crippen MR) is 180 cm³/mol. The van der Waals surface area contributed by atoms with Crippen molar-refractivity contribution in [3.8, 4) is 17.0 Å². The summed E-state index contributed by atoms with van der Waals surface area (Å²) in [5, 5.41) is 2.62. The molecular formula is C37H34F3N3O9. The number of esters is 2. The third-order valence-corrected chi connectivity index (χ3v) is 7.54. The van der Waals surface area contributed by atoms with E-state index >= 15 is 0 Å². The van der Waals surface area contributed by atoms with Crippen LogP contribution in [0.3, 0.4) is 0 Å². The Morgan fingerprint density at radius 3 is 1.96 bits per heavy atom. The van der Waals surface area contributed by atoms with Crippen LogP contribution < -0.4 is 10.1 Å². The third-order valence-electron chi connectivity index (χ3n) is 7.54. The molecule has 0 aliphatic heterocycles. The smallest absolute Gasteiger partial charge is 0.465 e. The van der Waals surface area contributed by atoms with Crippen molar-refractivity contribution in [1.82, 2.24) is 9.88 Å². The van der Waals surface area contributed by atoms with Gasteiger partial charge in [-0.1, -0.05) is 42.5 Å². The first-order chi connectivity index (χ1) is 24.7. The van der Waals surface area contributed by atoms with E-state index in [0.29, 0.717) is 0 Å². The maximum atomic E-state index is 13.5. The molecule has 15 heteroatoms. The molecule has 0 aliphatic carbocycles. The van der Waals surface area contributed by atoms with E-state index < -0.39 is 53.7 Å². The molecular weight excluding hydrogens is 687 g/mol. The number of amides is 2. The fourth-order valence-corrected chi connectivity index (χ4v) is 4.98. The van der Waals surface area contributed by atoms with E-state index in [1.54, 1.807) is 32.0 Å². The van der Waals surface area contributed by atoms with Gasteiger partial charge in [-0.25, -0.2) is 4.79 Å². The highest BCUT2D eigenvalue weighted by Crippen LogP contribution is 2.33. The van der Waals surface area contributed by atoms with E-state index in [4.69, 9.17) is 18.9 Å². The van der Waals surface area contributed by atoms with Gasteiger partial charge in [0.1, 0.15) is 12.4 Å². The number of benzene rings is 3.